The zero-order valence-corrected chi connectivity index (χ0v) is 17.0. The molecule has 0 saturated heterocycles. The van der Waals surface area contributed by atoms with Crippen LogP contribution in [0.25, 0.3) is 5.69 Å². The van der Waals surface area contributed by atoms with Crippen molar-refractivity contribution in [2.75, 3.05) is 5.32 Å². The number of ketones is 1. The largest absolute Gasteiger partial charge is 0.326 e. The summed E-state index contributed by atoms with van der Waals surface area (Å²) < 4.78 is 16.1. The molecule has 29 heavy (non-hydrogen) atoms. The summed E-state index contributed by atoms with van der Waals surface area (Å²) in [5.74, 6) is -0.894. The molecule has 3 rings (SSSR count). The lowest BCUT2D eigenvalue weighted by atomic mass is 9.99. The van der Waals surface area contributed by atoms with E-state index in [4.69, 9.17) is 0 Å². The number of nitrogens with zero attached hydrogens (tertiary/aromatic N) is 2. The van der Waals surface area contributed by atoms with E-state index < -0.39 is 5.82 Å². The Bertz CT molecular complexity index is 1090. The summed E-state index contributed by atoms with van der Waals surface area (Å²) in [7, 11) is 0. The van der Waals surface area contributed by atoms with E-state index in [1.54, 1.807) is 12.1 Å². The van der Waals surface area contributed by atoms with Gasteiger partial charge in [-0.15, -0.1) is 0 Å². The molecule has 0 aliphatic heterocycles. The lowest BCUT2D eigenvalue weighted by molar-refractivity contribution is -0.116. The average molecular weight is 393 g/mol. The second-order valence-electron chi connectivity index (χ2n) is 7.29. The summed E-state index contributed by atoms with van der Waals surface area (Å²) in [6.07, 6.45) is 0.134. The van der Waals surface area contributed by atoms with E-state index in [-0.39, 0.29) is 24.5 Å². The van der Waals surface area contributed by atoms with Crippen molar-refractivity contribution in [2.24, 2.45) is 0 Å². The number of carbonyl (C=O) groups is 2. The van der Waals surface area contributed by atoms with Crippen molar-refractivity contribution in [3.05, 3.63) is 76.4 Å². The van der Waals surface area contributed by atoms with Crippen LogP contribution in [0.4, 0.5) is 10.1 Å². The summed E-state index contributed by atoms with van der Waals surface area (Å²) in [5, 5.41) is 6.93. The van der Waals surface area contributed by atoms with Gasteiger partial charge in [0, 0.05) is 29.8 Å². The predicted molar refractivity (Wildman–Crippen MR) is 111 cm³/mol. The van der Waals surface area contributed by atoms with Gasteiger partial charge >= 0.3 is 0 Å². The van der Waals surface area contributed by atoms with Crippen LogP contribution in [-0.2, 0) is 4.79 Å². The number of Topliss-reactive ketones (excluding diaryl/α,β-unsaturated/α-hetero) is 1. The van der Waals surface area contributed by atoms with Gasteiger partial charge in [-0.1, -0.05) is 17.7 Å². The van der Waals surface area contributed by atoms with Gasteiger partial charge in [0.2, 0.25) is 5.91 Å². The quantitative estimate of drug-likeness (QED) is 0.609. The average Bonchev–Trinajstić information content (AvgIpc) is 2.99. The Morgan fingerprint density at radius 3 is 2.41 bits per heavy atom. The molecular formula is C23H24FN3O2. The Kier molecular flexibility index (Phi) is 5.92. The lowest BCUT2D eigenvalue weighted by Crippen LogP contribution is -2.14. The Balaban J connectivity index is 1.63. The molecule has 0 radical (unpaired) electrons. The molecule has 0 fully saturated rings. The van der Waals surface area contributed by atoms with E-state index in [1.807, 2.05) is 52.0 Å². The van der Waals surface area contributed by atoms with Crippen molar-refractivity contribution in [3.8, 4) is 5.69 Å². The van der Waals surface area contributed by atoms with Crippen molar-refractivity contribution in [2.45, 2.75) is 40.5 Å². The number of nitrogens with one attached hydrogen (secondary N) is 1. The first-order chi connectivity index (χ1) is 13.7. The maximum atomic E-state index is 14.5. The van der Waals surface area contributed by atoms with E-state index in [0.29, 0.717) is 16.9 Å². The van der Waals surface area contributed by atoms with Crippen LogP contribution in [0.3, 0.4) is 0 Å². The molecule has 1 amide bonds. The fourth-order valence-corrected chi connectivity index (χ4v) is 3.25. The van der Waals surface area contributed by atoms with E-state index >= 15 is 0 Å². The van der Waals surface area contributed by atoms with Crippen LogP contribution >= 0.6 is 0 Å². The van der Waals surface area contributed by atoms with Gasteiger partial charge in [0.25, 0.3) is 0 Å². The van der Waals surface area contributed by atoms with Gasteiger partial charge in [-0.3, -0.25) is 9.59 Å². The number of hydrogen-bond acceptors (Lipinski definition) is 3. The highest BCUT2D eigenvalue weighted by molar-refractivity contribution is 6.01. The molecule has 0 aliphatic carbocycles. The van der Waals surface area contributed by atoms with Gasteiger partial charge in [-0.05, 0) is 63.6 Å². The number of hydrogen-bond donors (Lipinski definition) is 1. The second kappa shape index (κ2) is 8.39. The van der Waals surface area contributed by atoms with Gasteiger partial charge < -0.3 is 5.32 Å². The number of halogens is 1. The second-order valence-corrected chi connectivity index (χ2v) is 7.29. The van der Waals surface area contributed by atoms with Crippen molar-refractivity contribution >= 4 is 17.4 Å². The molecule has 5 nitrogen and oxygen atoms in total. The summed E-state index contributed by atoms with van der Waals surface area (Å²) in [6.45, 7) is 7.49. The van der Waals surface area contributed by atoms with E-state index in [0.717, 1.165) is 22.5 Å². The zero-order chi connectivity index (χ0) is 21.1. The van der Waals surface area contributed by atoms with Gasteiger partial charge in [0.15, 0.2) is 11.6 Å². The third-order valence-electron chi connectivity index (χ3n) is 4.74. The Hall–Kier alpha value is -3.28. The lowest BCUT2D eigenvalue weighted by Gasteiger charge is -2.10. The smallest absolute Gasteiger partial charge is 0.224 e. The van der Waals surface area contributed by atoms with Crippen LogP contribution in [0.15, 0.2) is 42.5 Å². The third kappa shape index (κ3) is 4.77. The summed E-state index contributed by atoms with van der Waals surface area (Å²) in [5.41, 5.74) is 4.81. The monoisotopic (exact) mass is 393 g/mol. The molecule has 1 N–H and O–H groups in total. The maximum absolute atomic E-state index is 14.5. The minimum atomic E-state index is -0.486. The topological polar surface area (TPSA) is 64.0 Å². The van der Waals surface area contributed by atoms with Crippen molar-refractivity contribution in [1.82, 2.24) is 9.78 Å². The fourth-order valence-electron chi connectivity index (χ4n) is 3.25. The molecule has 150 valence electrons. The van der Waals surface area contributed by atoms with Crippen LogP contribution in [-0.4, -0.2) is 21.5 Å². The molecule has 0 unspecified atom stereocenters. The minimum absolute atomic E-state index is 0.0348. The zero-order valence-electron chi connectivity index (χ0n) is 17.0. The van der Waals surface area contributed by atoms with Crippen LogP contribution in [0, 0.1) is 33.5 Å². The molecule has 6 heteroatoms. The third-order valence-corrected chi connectivity index (χ3v) is 4.74. The Morgan fingerprint density at radius 2 is 1.76 bits per heavy atom. The van der Waals surface area contributed by atoms with Gasteiger partial charge in [0.1, 0.15) is 5.69 Å². The van der Waals surface area contributed by atoms with Crippen molar-refractivity contribution < 1.29 is 14.0 Å². The summed E-state index contributed by atoms with van der Waals surface area (Å²) in [6, 6.07) is 12.0. The first-order valence-electron chi connectivity index (χ1n) is 9.48. The van der Waals surface area contributed by atoms with E-state index in [9.17, 15) is 14.0 Å². The maximum Gasteiger partial charge on any atom is 0.224 e. The first kappa shape index (κ1) is 20.5. The summed E-state index contributed by atoms with van der Waals surface area (Å²) in [4.78, 5) is 24.6. The fraction of sp³-hybridized carbons (Fsp3) is 0.261. The molecule has 1 aromatic heterocycles. The highest BCUT2D eigenvalue weighted by Crippen LogP contribution is 2.20. The molecule has 0 aliphatic rings. The van der Waals surface area contributed by atoms with Gasteiger partial charge in [-0.25, -0.2) is 9.07 Å². The number of rotatable bonds is 6. The van der Waals surface area contributed by atoms with Crippen LogP contribution in [0.2, 0.25) is 0 Å². The number of anilines is 1. The molecule has 1 heterocycles. The van der Waals surface area contributed by atoms with Crippen molar-refractivity contribution in [1.29, 1.82) is 0 Å². The number of benzene rings is 2. The normalized spacial score (nSPS) is 10.8. The van der Waals surface area contributed by atoms with E-state index in [2.05, 4.69) is 10.4 Å². The molecule has 0 bridgehead atoms. The number of aromatic nitrogens is 2. The Labute approximate surface area is 169 Å². The molecule has 0 spiro atoms. The number of carbonyl (C=O) groups excluding carboxylic acids is 2. The van der Waals surface area contributed by atoms with Gasteiger partial charge in [-0.2, -0.15) is 5.10 Å². The standard InChI is InChI=1S/C23H24FN3O2/c1-14-5-6-15(2)19(11-14)22(28)9-10-23(29)25-18-7-8-21(20(24)13-18)27-17(4)12-16(3)26-27/h5-8,11-13H,9-10H2,1-4H3,(H,25,29). The molecular weight excluding hydrogens is 369 g/mol. The highest BCUT2D eigenvalue weighted by Gasteiger charge is 2.14. The van der Waals surface area contributed by atoms with Crippen LogP contribution in [0.1, 0.15) is 45.7 Å². The van der Waals surface area contributed by atoms with Crippen LogP contribution < -0.4 is 5.32 Å². The number of aryl methyl sites for hydroxylation is 4. The number of amides is 1. The van der Waals surface area contributed by atoms with E-state index in [1.165, 1.54) is 10.7 Å². The molecule has 0 saturated carbocycles. The van der Waals surface area contributed by atoms with Gasteiger partial charge in [0.05, 0.1) is 5.69 Å². The molecule has 0 atom stereocenters. The first-order valence-corrected chi connectivity index (χ1v) is 9.48. The molecule has 3 aromatic rings. The predicted octanol–water partition coefficient (Wildman–Crippen LogP) is 4.85. The molecule has 2 aromatic carbocycles. The Morgan fingerprint density at radius 1 is 1.00 bits per heavy atom. The van der Waals surface area contributed by atoms with Crippen LogP contribution in [0.5, 0.6) is 0 Å². The minimum Gasteiger partial charge on any atom is -0.326 e. The SMILES string of the molecule is Cc1ccc(C)c(C(=O)CCC(=O)Nc2ccc(-n3nc(C)cc3C)c(F)c2)c1. The summed E-state index contributed by atoms with van der Waals surface area (Å²) >= 11 is 0. The van der Waals surface area contributed by atoms with Crippen molar-refractivity contribution in [3.63, 3.8) is 0 Å². The highest BCUT2D eigenvalue weighted by atomic mass is 19.1.